The van der Waals surface area contributed by atoms with E-state index in [1.807, 2.05) is 18.2 Å². The summed E-state index contributed by atoms with van der Waals surface area (Å²) >= 11 is 0. The summed E-state index contributed by atoms with van der Waals surface area (Å²) < 4.78 is 5.77. The van der Waals surface area contributed by atoms with E-state index in [-0.39, 0.29) is 5.92 Å². The Morgan fingerprint density at radius 2 is 2.04 bits per heavy atom. The van der Waals surface area contributed by atoms with E-state index >= 15 is 0 Å². The van der Waals surface area contributed by atoms with Crippen LogP contribution in [0.15, 0.2) is 30.6 Å². The maximum absolute atomic E-state index is 11.2. The zero-order valence-corrected chi connectivity index (χ0v) is 15.6. The average molecular weight is 369 g/mol. The summed E-state index contributed by atoms with van der Waals surface area (Å²) in [6.45, 7) is 0.708. The van der Waals surface area contributed by atoms with Crippen LogP contribution in [0.1, 0.15) is 51.4 Å². The monoisotopic (exact) mass is 369 g/mol. The first-order valence-corrected chi connectivity index (χ1v) is 9.97. The standard InChI is InChI=1S/C21H27N3O3/c25-20(26)17-13-21(11-15(17)12-21)8-3-1-2-4-10-27-16-5-6-18(22-14-16)19-7-9-23-24-19/h5-7,9,14-15,17H,1-4,8,10-13H2,(H,23,24)(H,25,26). The van der Waals surface area contributed by atoms with Crippen molar-refractivity contribution in [3.05, 3.63) is 30.6 Å². The van der Waals surface area contributed by atoms with Gasteiger partial charge in [0.05, 0.1) is 30.1 Å². The van der Waals surface area contributed by atoms with Gasteiger partial charge in [-0.2, -0.15) is 5.10 Å². The van der Waals surface area contributed by atoms with Crippen LogP contribution in [0.2, 0.25) is 0 Å². The number of aliphatic carboxylic acids is 1. The minimum Gasteiger partial charge on any atom is -0.492 e. The molecule has 2 N–H and O–H groups in total. The first-order chi connectivity index (χ1) is 13.2. The minimum atomic E-state index is -0.580. The van der Waals surface area contributed by atoms with E-state index in [2.05, 4.69) is 15.2 Å². The smallest absolute Gasteiger partial charge is 0.306 e. The Morgan fingerprint density at radius 3 is 2.70 bits per heavy atom. The van der Waals surface area contributed by atoms with Gasteiger partial charge in [0, 0.05) is 6.20 Å². The maximum Gasteiger partial charge on any atom is 0.306 e. The number of carboxylic acids is 1. The SMILES string of the molecule is O=C(O)C1CC2(CCCCCCOc3ccc(-c4ccn[nH]4)nc3)CC1C2. The van der Waals surface area contributed by atoms with E-state index in [4.69, 9.17) is 4.74 Å². The summed E-state index contributed by atoms with van der Waals surface area (Å²) in [6.07, 6.45) is 12.5. The molecule has 3 aliphatic rings. The number of nitrogens with one attached hydrogen (secondary N) is 1. The normalized spacial score (nSPS) is 25.9. The van der Waals surface area contributed by atoms with Gasteiger partial charge in [-0.25, -0.2) is 0 Å². The van der Waals surface area contributed by atoms with Crippen LogP contribution in [0.25, 0.3) is 11.4 Å². The number of rotatable bonds is 10. The van der Waals surface area contributed by atoms with E-state index in [1.54, 1.807) is 12.4 Å². The molecule has 27 heavy (non-hydrogen) atoms. The van der Waals surface area contributed by atoms with Crippen LogP contribution in [-0.4, -0.2) is 32.9 Å². The Labute approximate surface area is 159 Å². The van der Waals surface area contributed by atoms with Crippen LogP contribution in [0, 0.1) is 17.3 Å². The molecule has 0 aliphatic heterocycles. The third-order valence-electron chi connectivity index (χ3n) is 6.31. The Morgan fingerprint density at radius 1 is 1.19 bits per heavy atom. The second-order valence-electron chi connectivity index (χ2n) is 8.18. The average Bonchev–Trinajstić information content (AvgIpc) is 3.36. The van der Waals surface area contributed by atoms with Crippen molar-refractivity contribution in [3.8, 4) is 17.1 Å². The highest BCUT2D eigenvalue weighted by Gasteiger charge is 2.57. The van der Waals surface area contributed by atoms with Gasteiger partial charge in [0.25, 0.3) is 0 Å². The van der Waals surface area contributed by atoms with Gasteiger partial charge in [-0.15, -0.1) is 0 Å². The maximum atomic E-state index is 11.2. The van der Waals surface area contributed by atoms with Gasteiger partial charge in [0.1, 0.15) is 5.75 Å². The molecule has 2 aromatic heterocycles. The lowest BCUT2D eigenvalue weighted by Gasteiger charge is -2.38. The van der Waals surface area contributed by atoms with Crippen molar-refractivity contribution in [1.82, 2.24) is 15.2 Å². The Kier molecular flexibility index (Phi) is 5.14. The lowest BCUT2D eigenvalue weighted by atomic mass is 9.66. The largest absolute Gasteiger partial charge is 0.492 e. The molecule has 3 aliphatic carbocycles. The number of hydrogen-bond acceptors (Lipinski definition) is 4. The van der Waals surface area contributed by atoms with Crippen molar-refractivity contribution in [1.29, 1.82) is 0 Å². The van der Waals surface area contributed by atoms with E-state index < -0.39 is 5.97 Å². The van der Waals surface area contributed by atoms with Gasteiger partial charge in [-0.1, -0.05) is 19.3 Å². The highest BCUT2D eigenvalue weighted by molar-refractivity contribution is 5.71. The first kappa shape index (κ1) is 18.0. The van der Waals surface area contributed by atoms with E-state index in [0.29, 0.717) is 17.9 Å². The van der Waals surface area contributed by atoms with Crippen molar-refractivity contribution in [2.75, 3.05) is 6.61 Å². The molecule has 2 heterocycles. The molecular formula is C21H27N3O3. The van der Waals surface area contributed by atoms with Crippen LogP contribution in [-0.2, 0) is 4.79 Å². The van der Waals surface area contributed by atoms with Crippen LogP contribution >= 0.6 is 0 Å². The van der Waals surface area contributed by atoms with Crippen molar-refractivity contribution < 1.29 is 14.6 Å². The van der Waals surface area contributed by atoms with Crippen LogP contribution in [0.5, 0.6) is 5.75 Å². The summed E-state index contributed by atoms with van der Waals surface area (Å²) in [7, 11) is 0. The fraction of sp³-hybridized carbons (Fsp3) is 0.571. The number of fused-ring (bicyclic) bond motifs is 1. The first-order valence-electron chi connectivity index (χ1n) is 9.97. The van der Waals surface area contributed by atoms with Crippen LogP contribution in [0.4, 0.5) is 0 Å². The molecule has 1 atom stereocenters. The highest BCUT2D eigenvalue weighted by atomic mass is 16.5. The van der Waals surface area contributed by atoms with E-state index in [9.17, 15) is 9.90 Å². The lowest BCUT2D eigenvalue weighted by Crippen LogP contribution is -2.28. The van der Waals surface area contributed by atoms with E-state index in [0.717, 1.165) is 49.2 Å². The topological polar surface area (TPSA) is 88.1 Å². The second-order valence-corrected chi connectivity index (χ2v) is 8.18. The predicted molar refractivity (Wildman–Crippen MR) is 101 cm³/mol. The van der Waals surface area contributed by atoms with Crippen molar-refractivity contribution in [2.24, 2.45) is 17.3 Å². The van der Waals surface area contributed by atoms with Gasteiger partial charge in [0.2, 0.25) is 0 Å². The molecule has 0 spiro atoms. The lowest BCUT2D eigenvalue weighted by molar-refractivity contribution is -0.142. The molecule has 3 saturated carbocycles. The number of hydrogen-bond donors (Lipinski definition) is 2. The van der Waals surface area contributed by atoms with Crippen molar-refractivity contribution in [3.63, 3.8) is 0 Å². The molecule has 6 nitrogen and oxygen atoms in total. The molecule has 144 valence electrons. The number of ether oxygens (including phenoxy) is 1. The zero-order chi connectivity index (χ0) is 18.7. The fourth-order valence-electron chi connectivity index (χ4n) is 4.90. The summed E-state index contributed by atoms with van der Waals surface area (Å²) in [5.74, 6) is 0.614. The minimum absolute atomic E-state index is 0.0633. The predicted octanol–water partition coefficient (Wildman–Crippen LogP) is 4.30. The summed E-state index contributed by atoms with van der Waals surface area (Å²) in [5.41, 5.74) is 2.12. The van der Waals surface area contributed by atoms with Gasteiger partial charge in [-0.05, 0) is 61.6 Å². The summed E-state index contributed by atoms with van der Waals surface area (Å²) in [6, 6.07) is 5.76. The third-order valence-corrected chi connectivity index (χ3v) is 6.31. The molecule has 1 unspecified atom stereocenters. The summed E-state index contributed by atoms with van der Waals surface area (Å²) in [5, 5.41) is 16.1. The number of H-pyrrole nitrogens is 1. The van der Waals surface area contributed by atoms with Crippen LogP contribution < -0.4 is 4.74 Å². The number of aromatic nitrogens is 3. The summed E-state index contributed by atoms with van der Waals surface area (Å²) in [4.78, 5) is 15.6. The highest BCUT2D eigenvalue weighted by Crippen LogP contribution is 2.64. The third kappa shape index (κ3) is 3.99. The second kappa shape index (κ2) is 7.71. The molecule has 6 heteroatoms. The number of pyridine rings is 1. The van der Waals surface area contributed by atoms with Gasteiger partial charge >= 0.3 is 5.97 Å². The molecule has 3 fully saturated rings. The van der Waals surface area contributed by atoms with Gasteiger partial charge in [-0.3, -0.25) is 14.9 Å². The number of carbonyl (C=O) groups is 1. The Balaban J connectivity index is 1.09. The molecule has 0 aromatic carbocycles. The molecule has 0 radical (unpaired) electrons. The van der Waals surface area contributed by atoms with Crippen LogP contribution in [0.3, 0.4) is 0 Å². The Bertz CT molecular complexity index is 751. The van der Waals surface area contributed by atoms with Crippen molar-refractivity contribution >= 4 is 5.97 Å². The molecule has 5 rings (SSSR count). The molecule has 0 saturated heterocycles. The number of aromatic amines is 1. The van der Waals surface area contributed by atoms with Gasteiger partial charge in [0.15, 0.2) is 0 Å². The number of nitrogens with zero attached hydrogens (tertiary/aromatic N) is 2. The Hall–Kier alpha value is -2.37. The fourth-order valence-corrected chi connectivity index (χ4v) is 4.90. The molecule has 0 amide bonds. The number of unbranched alkanes of at least 4 members (excludes halogenated alkanes) is 3. The van der Waals surface area contributed by atoms with Gasteiger partial charge < -0.3 is 9.84 Å². The quantitative estimate of drug-likeness (QED) is 0.610. The molecular weight excluding hydrogens is 342 g/mol. The van der Waals surface area contributed by atoms with Crippen molar-refractivity contribution in [2.45, 2.75) is 51.4 Å². The molecule has 2 aromatic rings. The van der Waals surface area contributed by atoms with E-state index in [1.165, 1.54) is 19.3 Å². The molecule has 2 bridgehead atoms. The zero-order valence-electron chi connectivity index (χ0n) is 15.6. The number of carboxylic acid groups (broad SMARTS) is 1.